The van der Waals surface area contributed by atoms with Gasteiger partial charge >= 0.3 is 0 Å². The third-order valence-electron chi connectivity index (χ3n) is 9.71. The van der Waals surface area contributed by atoms with Crippen LogP contribution in [0, 0.1) is 0 Å². The van der Waals surface area contributed by atoms with Crippen LogP contribution in [0.4, 0.5) is 11.4 Å². The number of carbonyl (C=O) groups excluding carboxylic acids is 2. The van der Waals surface area contributed by atoms with Crippen LogP contribution in [-0.4, -0.2) is 11.8 Å². The Hall–Kier alpha value is -2.62. The lowest BCUT2D eigenvalue weighted by Gasteiger charge is -2.24. The molecule has 0 radical (unpaired) electrons. The van der Waals surface area contributed by atoms with E-state index in [1.807, 2.05) is 0 Å². The third-order valence-corrected chi connectivity index (χ3v) is 9.71. The molecule has 48 heavy (non-hydrogen) atoms. The van der Waals surface area contributed by atoms with E-state index in [4.69, 9.17) is 0 Å². The van der Waals surface area contributed by atoms with Crippen LogP contribution in [0.2, 0.25) is 0 Å². The van der Waals surface area contributed by atoms with Gasteiger partial charge in [-0.1, -0.05) is 164 Å². The van der Waals surface area contributed by atoms with E-state index >= 15 is 0 Å². The minimum atomic E-state index is 0.109. The first kappa shape index (κ1) is 41.6. The number of nitrogens with one attached hydrogen (secondary N) is 2. The monoisotopic (exact) mass is 661 g/mol. The molecule has 0 heterocycles. The minimum Gasteiger partial charge on any atom is -0.326 e. The smallest absolute Gasteiger partial charge is 0.224 e. The van der Waals surface area contributed by atoms with E-state index in [-0.39, 0.29) is 23.7 Å². The molecule has 0 atom stereocenters. The molecule has 2 amide bonds. The highest BCUT2D eigenvalue weighted by Crippen LogP contribution is 2.38. The van der Waals surface area contributed by atoms with E-state index in [1.54, 1.807) is 0 Å². The molecule has 270 valence electrons. The van der Waals surface area contributed by atoms with Crippen molar-refractivity contribution in [3.05, 3.63) is 57.6 Å². The number of rotatable bonds is 23. The Morgan fingerprint density at radius 3 is 1.06 bits per heavy atom. The Labute approximate surface area is 296 Å². The first-order valence-electron chi connectivity index (χ1n) is 19.8. The van der Waals surface area contributed by atoms with Crippen LogP contribution >= 0.6 is 0 Å². The highest BCUT2D eigenvalue weighted by Gasteiger charge is 2.21. The van der Waals surface area contributed by atoms with E-state index in [1.165, 1.54) is 91.2 Å². The maximum absolute atomic E-state index is 13.2. The minimum absolute atomic E-state index is 0.109. The molecule has 0 bridgehead atoms. The van der Waals surface area contributed by atoms with Gasteiger partial charge in [0.05, 0.1) is 0 Å². The summed E-state index contributed by atoms with van der Waals surface area (Å²) in [4.78, 5) is 26.0. The summed E-state index contributed by atoms with van der Waals surface area (Å²) in [6, 6.07) is 9.25. The molecule has 0 unspecified atom stereocenters. The highest BCUT2D eigenvalue weighted by atomic mass is 16.2. The molecular formula is C44H72N2O2. The Morgan fingerprint density at radius 1 is 0.458 bits per heavy atom. The van der Waals surface area contributed by atoms with Crippen LogP contribution in [0.15, 0.2) is 24.3 Å². The van der Waals surface area contributed by atoms with E-state index in [2.05, 4.69) is 104 Å². The number of hydrogen-bond acceptors (Lipinski definition) is 2. The second-order valence-corrected chi connectivity index (χ2v) is 15.6. The van der Waals surface area contributed by atoms with Crippen molar-refractivity contribution >= 4 is 23.2 Å². The maximum Gasteiger partial charge on any atom is 0.224 e. The predicted molar refractivity (Wildman–Crippen MR) is 210 cm³/mol. The Balaban J connectivity index is 2.20. The first-order valence-corrected chi connectivity index (χ1v) is 19.8. The zero-order valence-electron chi connectivity index (χ0n) is 32.7. The number of carbonyl (C=O) groups is 2. The fourth-order valence-corrected chi connectivity index (χ4v) is 6.75. The van der Waals surface area contributed by atoms with Crippen molar-refractivity contribution in [2.45, 2.75) is 196 Å². The van der Waals surface area contributed by atoms with Crippen molar-refractivity contribution in [3.63, 3.8) is 0 Å². The molecule has 2 aromatic rings. The van der Waals surface area contributed by atoms with Crippen molar-refractivity contribution < 1.29 is 9.59 Å². The van der Waals surface area contributed by atoms with Crippen LogP contribution in [0.3, 0.4) is 0 Å². The predicted octanol–water partition coefficient (Wildman–Crippen LogP) is 13.5. The third kappa shape index (κ3) is 14.1. The molecular weight excluding hydrogens is 588 g/mol. The van der Waals surface area contributed by atoms with Gasteiger partial charge in [0, 0.05) is 24.2 Å². The molecule has 2 N–H and O–H groups in total. The van der Waals surface area contributed by atoms with Crippen LogP contribution in [0.1, 0.15) is 223 Å². The van der Waals surface area contributed by atoms with Gasteiger partial charge in [-0.25, -0.2) is 0 Å². The maximum atomic E-state index is 13.2. The summed E-state index contributed by atoms with van der Waals surface area (Å²) in [5.41, 5.74) is 9.43. The summed E-state index contributed by atoms with van der Waals surface area (Å²) in [7, 11) is 0. The summed E-state index contributed by atoms with van der Waals surface area (Å²) in [5.74, 6) is 1.41. The fraction of sp³-hybridized carbons (Fsp3) is 0.682. The SMILES string of the molecule is CCCCCCCCCCCCCC(=O)Nc1c(C(C)C)cc(Cc2cc(C(C)C)c(NC(=O)CCCC)c(C(C)C)c2)cc1C(C)C. The normalized spacial score (nSPS) is 11.7. The lowest BCUT2D eigenvalue weighted by Crippen LogP contribution is -2.16. The Kier molecular flexibility index (Phi) is 19.2. The molecule has 4 heteroatoms. The summed E-state index contributed by atoms with van der Waals surface area (Å²) < 4.78 is 0. The molecule has 0 spiro atoms. The molecule has 0 fully saturated rings. The van der Waals surface area contributed by atoms with Crippen molar-refractivity contribution in [2.75, 3.05) is 10.6 Å². The van der Waals surface area contributed by atoms with Gasteiger partial charge in [-0.15, -0.1) is 0 Å². The van der Waals surface area contributed by atoms with Gasteiger partial charge in [0.25, 0.3) is 0 Å². The van der Waals surface area contributed by atoms with E-state index in [9.17, 15) is 9.59 Å². The molecule has 0 saturated carbocycles. The number of anilines is 2. The lowest BCUT2D eigenvalue weighted by atomic mass is 9.86. The van der Waals surface area contributed by atoms with E-state index in [0.717, 1.165) is 43.5 Å². The highest BCUT2D eigenvalue weighted by molar-refractivity contribution is 5.93. The summed E-state index contributed by atoms with van der Waals surface area (Å²) in [6.45, 7) is 22.2. The molecule has 0 aliphatic rings. The average Bonchev–Trinajstić information content (AvgIpc) is 3.03. The number of amides is 2. The molecule has 2 aromatic carbocycles. The summed E-state index contributed by atoms with van der Waals surface area (Å²) in [6.07, 6.45) is 18.0. The van der Waals surface area contributed by atoms with Crippen molar-refractivity contribution in [1.29, 1.82) is 0 Å². The standard InChI is InChI=1S/C44H72N2O2/c1-11-13-15-16-17-18-19-20-21-22-23-25-42(48)46-44-39(33(7)8)29-36(30-40(44)34(9)10)26-35-27-37(31(3)4)43(38(28-35)32(5)6)45-41(47)24-14-12-2/h27-34H,11-26H2,1-10H3,(H,45,47)(H,46,48). The van der Waals surface area contributed by atoms with Crippen molar-refractivity contribution in [2.24, 2.45) is 0 Å². The zero-order valence-corrected chi connectivity index (χ0v) is 32.7. The molecule has 0 aliphatic carbocycles. The first-order chi connectivity index (χ1) is 22.9. The van der Waals surface area contributed by atoms with Crippen LogP contribution in [0.5, 0.6) is 0 Å². The van der Waals surface area contributed by atoms with Crippen molar-refractivity contribution in [3.8, 4) is 0 Å². The number of benzene rings is 2. The van der Waals surface area contributed by atoms with Crippen LogP contribution in [-0.2, 0) is 16.0 Å². The van der Waals surface area contributed by atoms with Gasteiger partial charge < -0.3 is 10.6 Å². The molecule has 0 saturated heterocycles. The topological polar surface area (TPSA) is 58.2 Å². The second kappa shape index (κ2) is 22.2. The summed E-state index contributed by atoms with van der Waals surface area (Å²) in [5, 5.41) is 6.68. The van der Waals surface area contributed by atoms with Gasteiger partial charge in [0.2, 0.25) is 11.8 Å². The van der Waals surface area contributed by atoms with Gasteiger partial charge in [-0.2, -0.15) is 0 Å². The quantitative estimate of drug-likeness (QED) is 0.117. The Bertz CT molecular complexity index is 1200. The molecule has 0 aromatic heterocycles. The largest absolute Gasteiger partial charge is 0.326 e. The molecule has 4 nitrogen and oxygen atoms in total. The molecule has 0 aliphatic heterocycles. The van der Waals surface area contributed by atoms with Crippen LogP contribution in [0.25, 0.3) is 0 Å². The van der Waals surface area contributed by atoms with Gasteiger partial charge in [-0.05, 0) is 76.3 Å². The summed E-state index contributed by atoms with van der Waals surface area (Å²) >= 11 is 0. The Morgan fingerprint density at radius 2 is 0.750 bits per heavy atom. The second-order valence-electron chi connectivity index (χ2n) is 15.6. The lowest BCUT2D eigenvalue weighted by molar-refractivity contribution is -0.117. The number of unbranched alkanes of at least 4 members (excludes halogenated alkanes) is 11. The van der Waals surface area contributed by atoms with E-state index < -0.39 is 0 Å². The average molecular weight is 661 g/mol. The van der Waals surface area contributed by atoms with E-state index in [0.29, 0.717) is 24.7 Å². The van der Waals surface area contributed by atoms with Crippen LogP contribution < -0.4 is 10.6 Å². The molecule has 2 rings (SSSR count). The van der Waals surface area contributed by atoms with Crippen molar-refractivity contribution in [1.82, 2.24) is 0 Å². The number of hydrogen-bond donors (Lipinski definition) is 2. The van der Waals surface area contributed by atoms with Gasteiger partial charge in [0.1, 0.15) is 0 Å². The fourth-order valence-electron chi connectivity index (χ4n) is 6.75. The zero-order chi connectivity index (χ0) is 35.6. The van der Waals surface area contributed by atoms with Gasteiger partial charge in [0.15, 0.2) is 0 Å². The van der Waals surface area contributed by atoms with Gasteiger partial charge in [-0.3, -0.25) is 9.59 Å².